The van der Waals surface area contributed by atoms with E-state index in [1.807, 2.05) is 0 Å². The van der Waals surface area contributed by atoms with E-state index in [2.05, 4.69) is 0 Å². The first kappa shape index (κ1) is 10.3. The standard InChI is InChI=1S/C11H18N2.ClH/c12-10(13)11-4-7-1-8(5-11)3-9(2-7)6-11;/h7-9H,1-6H2,(H3,12,13);1H. The molecule has 0 heterocycles. The molecule has 0 radical (unpaired) electrons. The number of nitrogens with two attached hydrogens (primary N) is 1. The first-order valence-electron chi connectivity index (χ1n) is 5.52. The van der Waals surface area contributed by atoms with E-state index in [-0.39, 0.29) is 17.8 Å². The highest BCUT2D eigenvalue weighted by atomic mass is 35.5. The second-order valence-electron chi connectivity index (χ2n) is 5.61. The molecule has 0 atom stereocenters. The fourth-order valence-corrected chi connectivity index (χ4v) is 4.44. The smallest absolute Gasteiger partial charge is 0.0968 e. The van der Waals surface area contributed by atoms with Crippen molar-refractivity contribution in [3.8, 4) is 0 Å². The Balaban J connectivity index is 0.000000750. The monoisotopic (exact) mass is 214 g/mol. The van der Waals surface area contributed by atoms with Gasteiger partial charge in [-0.25, -0.2) is 0 Å². The van der Waals surface area contributed by atoms with E-state index < -0.39 is 0 Å². The average molecular weight is 215 g/mol. The van der Waals surface area contributed by atoms with Gasteiger partial charge in [0.25, 0.3) is 0 Å². The minimum absolute atomic E-state index is 0. The fourth-order valence-electron chi connectivity index (χ4n) is 4.44. The van der Waals surface area contributed by atoms with Gasteiger partial charge < -0.3 is 5.73 Å². The molecule has 4 rings (SSSR count). The lowest BCUT2D eigenvalue weighted by molar-refractivity contribution is -0.0133. The Morgan fingerprint density at radius 1 is 1.00 bits per heavy atom. The fraction of sp³-hybridized carbons (Fsp3) is 0.909. The summed E-state index contributed by atoms with van der Waals surface area (Å²) in [7, 11) is 0. The van der Waals surface area contributed by atoms with Crippen LogP contribution in [0, 0.1) is 28.6 Å². The highest BCUT2D eigenvalue weighted by Gasteiger charge is 2.52. The van der Waals surface area contributed by atoms with Crippen LogP contribution in [0.3, 0.4) is 0 Å². The van der Waals surface area contributed by atoms with Crippen molar-refractivity contribution in [1.82, 2.24) is 0 Å². The van der Waals surface area contributed by atoms with Crippen LogP contribution < -0.4 is 5.73 Å². The molecule has 0 saturated heterocycles. The Morgan fingerprint density at radius 3 is 1.64 bits per heavy atom. The van der Waals surface area contributed by atoms with Gasteiger partial charge >= 0.3 is 0 Å². The molecule has 0 aromatic heterocycles. The van der Waals surface area contributed by atoms with Crippen LogP contribution in [0.2, 0.25) is 0 Å². The van der Waals surface area contributed by atoms with Crippen LogP contribution in [0.5, 0.6) is 0 Å². The summed E-state index contributed by atoms with van der Waals surface area (Å²) in [6.45, 7) is 0. The van der Waals surface area contributed by atoms with Crippen LogP contribution in [-0.4, -0.2) is 5.84 Å². The molecule has 80 valence electrons. The van der Waals surface area contributed by atoms with Crippen molar-refractivity contribution in [2.75, 3.05) is 0 Å². The number of nitrogens with one attached hydrogen (secondary N) is 1. The number of rotatable bonds is 1. The summed E-state index contributed by atoms with van der Waals surface area (Å²) in [5, 5.41) is 7.75. The summed E-state index contributed by atoms with van der Waals surface area (Å²) in [5.74, 6) is 3.23. The van der Waals surface area contributed by atoms with Crippen molar-refractivity contribution in [1.29, 1.82) is 5.41 Å². The third-order valence-corrected chi connectivity index (χ3v) is 4.61. The van der Waals surface area contributed by atoms with Gasteiger partial charge in [0.1, 0.15) is 0 Å². The summed E-state index contributed by atoms with van der Waals surface area (Å²) >= 11 is 0. The minimum atomic E-state index is 0. The number of hydrogen-bond acceptors (Lipinski definition) is 1. The zero-order valence-electron chi connectivity index (χ0n) is 8.46. The van der Waals surface area contributed by atoms with Crippen LogP contribution in [0.1, 0.15) is 38.5 Å². The van der Waals surface area contributed by atoms with Gasteiger partial charge in [-0.15, -0.1) is 12.4 Å². The predicted octanol–water partition coefficient (Wildman–Crippen LogP) is 2.56. The molecule has 2 nitrogen and oxygen atoms in total. The van der Waals surface area contributed by atoms with E-state index >= 15 is 0 Å². The van der Waals surface area contributed by atoms with Crippen LogP contribution in [0.4, 0.5) is 0 Å². The molecular formula is C11H19ClN2. The lowest BCUT2D eigenvalue weighted by Crippen LogP contribution is -2.52. The zero-order chi connectivity index (χ0) is 9.05. The van der Waals surface area contributed by atoms with Gasteiger partial charge in [-0.2, -0.15) is 0 Å². The van der Waals surface area contributed by atoms with Crippen molar-refractivity contribution >= 4 is 18.2 Å². The molecule has 4 bridgehead atoms. The number of hydrogen-bond donors (Lipinski definition) is 2. The third kappa shape index (κ3) is 1.27. The second-order valence-corrected chi connectivity index (χ2v) is 5.61. The van der Waals surface area contributed by atoms with Gasteiger partial charge in [0, 0.05) is 5.41 Å². The lowest BCUT2D eigenvalue weighted by atomic mass is 9.49. The SMILES string of the molecule is Cl.N=C(N)C12CC3CC(CC(C3)C1)C2. The van der Waals surface area contributed by atoms with Gasteiger partial charge in [-0.3, -0.25) is 5.41 Å². The molecule has 3 heteroatoms. The van der Waals surface area contributed by atoms with Crippen LogP contribution >= 0.6 is 12.4 Å². The minimum Gasteiger partial charge on any atom is -0.387 e. The molecule has 0 spiro atoms. The molecule has 3 N–H and O–H groups in total. The molecule has 0 aromatic carbocycles. The Hall–Kier alpha value is -0.240. The van der Waals surface area contributed by atoms with Crippen molar-refractivity contribution in [2.45, 2.75) is 38.5 Å². The molecule has 4 aliphatic rings. The van der Waals surface area contributed by atoms with Crippen molar-refractivity contribution < 1.29 is 0 Å². The molecule has 0 aromatic rings. The topological polar surface area (TPSA) is 49.9 Å². The second kappa shape index (κ2) is 3.13. The van der Waals surface area contributed by atoms with Crippen LogP contribution in [-0.2, 0) is 0 Å². The first-order chi connectivity index (χ1) is 6.18. The molecule has 0 amide bonds. The molecule has 14 heavy (non-hydrogen) atoms. The maximum atomic E-state index is 7.75. The summed E-state index contributed by atoms with van der Waals surface area (Å²) in [5.41, 5.74) is 5.94. The largest absolute Gasteiger partial charge is 0.387 e. The van der Waals surface area contributed by atoms with Gasteiger partial charge in [0.2, 0.25) is 0 Å². The Kier molecular flexibility index (Phi) is 2.30. The summed E-state index contributed by atoms with van der Waals surface area (Å²) in [6, 6.07) is 0. The molecule has 4 aliphatic carbocycles. The average Bonchev–Trinajstić information content (AvgIpc) is 2.00. The number of halogens is 1. The normalized spacial score (nSPS) is 48.7. The Labute approximate surface area is 91.5 Å². The van der Waals surface area contributed by atoms with Gasteiger partial charge in [-0.05, 0) is 56.3 Å². The van der Waals surface area contributed by atoms with Crippen LogP contribution in [0.15, 0.2) is 0 Å². The maximum Gasteiger partial charge on any atom is 0.0968 e. The highest BCUT2D eigenvalue weighted by molar-refractivity contribution is 5.85. The summed E-state index contributed by atoms with van der Waals surface area (Å²) < 4.78 is 0. The van der Waals surface area contributed by atoms with Gasteiger partial charge in [0.15, 0.2) is 0 Å². The maximum absolute atomic E-state index is 7.75. The summed E-state index contributed by atoms with van der Waals surface area (Å²) in [6.07, 6.45) is 8.00. The van der Waals surface area contributed by atoms with E-state index in [1.165, 1.54) is 38.5 Å². The first-order valence-corrected chi connectivity index (χ1v) is 5.52. The number of amidine groups is 1. The van der Waals surface area contributed by atoms with Crippen molar-refractivity contribution in [3.05, 3.63) is 0 Å². The van der Waals surface area contributed by atoms with Gasteiger partial charge in [0.05, 0.1) is 5.84 Å². The van der Waals surface area contributed by atoms with Crippen molar-refractivity contribution in [3.63, 3.8) is 0 Å². The van der Waals surface area contributed by atoms with Crippen LogP contribution in [0.25, 0.3) is 0 Å². The molecule has 4 saturated carbocycles. The Morgan fingerprint density at radius 2 is 1.36 bits per heavy atom. The molecule has 4 fully saturated rings. The molecule has 0 aliphatic heterocycles. The lowest BCUT2D eigenvalue weighted by Gasteiger charge is -2.56. The van der Waals surface area contributed by atoms with E-state index in [0.29, 0.717) is 5.84 Å². The zero-order valence-corrected chi connectivity index (χ0v) is 9.28. The van der Waals surface area contributed by atoms with Crippen molar-refractivity contribution in [2.24, 2.45) is 28.9 Å². The summed E-state index contributed by atoms with van der Waals surface area (Å²) in [4.78, 5) is 0. The molecule has 0 unspecified atom stereocenters. The Bertz CT molecular complexity index is 227. The highest BCUT2D eigenvalue weighted by Crippen LogP contribution is 2.59. The third-order valence-electron chi connectivity index (χ3n) is 4.61. The van der Waals surface area contributed by atoms with E-state index in [1.54, 1.807) is 0 Å². The van der Waals surface area contributed by atoms with E-state index in [0.717, 1.165) is 17.8 Å². The molecular weight excluding hydrogens is 196 g/mol. The predicted molar refractivity (Wildman–Crippen MR) is 59.8 cm³/mol. The van der Waals surface area contributed by atoms with E-state index in [9.17, 15) is 0 Å². The quantitative estimate of drug-likeness (QED) is 0.512. The van der Waals surface area contributed by atoms with E-state index in [4.69, 9.17) is 11.1 Å². The van der Waals surface area contributed by atoms with Gasteiger partial charge in [-0.1, -0.05) is 0 Å².